The Hall–Kier alpha value is -2.40. The lowest BCUT2D eigenvalue weighted by molar-refractivity contribution is 1.07. The molecule has 3 rings (SSSR count). The topological polar surface area (TPSA) is 46.6 Å². The fourth-order valence-corrected chi connectivity index (χ4v) is 2.48. The molecule has 0 spiro atoms. The van der Waals surface area contributed by atoms with E-state index in [-0.39, 0.29) is 0 Å². The summed E-state index contributed by atoms with van der Waals surface area (Å²) in [6, 6.07) is 13.8. The zero-order valence-corrected chi connectivity index (χ0v) is 11.8. The lowest BCUT2D eigenvalue weighted by Gasteiger charge is -2.23. The maximum atomic E-state index is 5.81. The van der Waals surface area contributed by atoms with E-state index < -0.39 is 0 Å². The largest absolute Gasteiger partial charge is 0.389 e. The van der Waals surface area contributed by atoms with E-state index in [1.807, 2.05) is 60.1 Å². The van der Waals surface area contributed by atoms with E-state index in [2.05, 4.69) is 9.88 Å². The monoisotopic (exact) mass is 282 g/mol. The molecule has 1 aromatic carbocycles. The van der Waals surface area contributed by atoms with Gasteiger partial charge in [0.15, 0.2) is 0 Å². The van der Waals surface area contributed by atoms with E-state index in [1.54, 1.807) is 6.20 Å². The van der Waals surface area contributed by atoms with Crippen molar-refractivity contribution in [3.8, 4) is 0 Å². The summed E-state index contributed by atoms with van der Waals surface area (Å²) in [5.74, 6) is 1.00. The quantitative estimate of drug-likeness (QED) is 0.750. The summed E-state index contributed by atoms with van der Waals surface area (Å²) in [5.41, 5.74) is 8.55. The van der Waals surface area contributed by atoms with Crippen LogP contribution in [-0.2, 0) is 0 Å². The smallest absolute Gasteiger partial charge is 0.138 e. The predicted molar refractivity (Wildman–Crippen MR) is 85.6 cm³/mol. The van der Waals surface area contributed by atoms with Crippen LogP contribution in [0.25, 0.3) is 5.65 Å². The van der Waals surface area contributed by atoms with E-state index in [4.69, 9.17) is 18.0 Å². The van der Waals surface area contributed by atoms with Crippen LogP contribution in [-0.4, -0.2) is 21.4 Å². The van der Waals surface area contributed by atoms with Crippen molar-refractivity contribution in [2.45, 2.75) is 0 Å². The van der Waals surface area contributed by atoms with Crippen LogP contribution >= 0.6 is 12.2 Å². The van der Waals surface area contributed by atoms with Crippen LogP contribution in [0.5, 0.6) is 0 Å². The first-order valence-corrected chi connectivity index (χ1v) is 6.64. The van der Waals surface area contributed by atoms with E-state index in [0.29, 0.717) is 4.99 Å². The molecule has 0 radical (unpaired) electrons. The minimum Gasteiger partial charge on any atom is -0.389 e. The third-order valence-electron chi connectivity index (χ3n) is 3.28. The van der Waals surface area contributed by atoms with Gasteiger partial charge in [0.1, 0.15) is 16.5 Å². The number of thiocarbonyl (C=S) groups is 1. The Bertz CT molecular complexity index is 778. The molecular formula is C15H14N4S. The molecule has 0 unspecified atom stereocenters. The second-order valence-electron chi connectivity index (χ2n) is 4.48. The van der Waals surface area contributed by atoms with Gasteiger partial charge in [-0.15, -0.1) is 0 Å². The van der Waals surface area contributed by atoms with Crippen LogP contribution in [0.2, 0.25) is 0 Å². The van der Waals surface area contributed by atoms with Crippen molar-refractivity contribution in [2.75, 3.05) is 11.9 Å². The Morgan fingerprint density at radius 3 is 2.80 bits per heavy atom. The number of nitrogens with two attached hydrogens (primary N) is 1. The number of benzene rings is 1. The number of pyridine rings is 1. The summed E-state index contributed by atoms with van der Waals surface area (Å²) in [7, 11) is 1.99. The number of aromatic nitrogens is 2. The molecular weight excluding hydrogens is 268 g/mol. The summed E-state index contributed by atoms with van der Waals surface area (Å²) in [4.78, 5) is 6.75. The highest BCUT2D eigenvalue weighted by Gasteiger charge is 2.12. The van der Waals surface area contributed by atoms with E-state index in [9.17, 15) is 0 Å². The zero-order valence-electron chi connectivity index (χ0n) is 11.0. The predicted octanol–water partition coefficient (Wildman–Crippen LogP) is 2.74. The van der Waals surface area contributed by atoms with E-state index in [1.165, 1.54) is 0 Å². The summed E-state index contributed by atoms with van der Waals surface area (Å²) in [5, 5.41) is 0. The molecule has 2 N–H and O–H groups in total. The molecule has 0 atom stereocenters. The molecule has 100 valence electrons. The fourth-order valence-electron chi connectivity index (χ4n) is 2.30. The number of rotatable bonds is 3. The molecule has 5 heteroatoms. The molecule has 0 aliphatic heterocycles. The van der Waals surface area contributed by atoms with E-state index >= 15 is 0 Å². The summed E-state index contributed by atoms with van der Waals surface area (Å²) in [6.07, 6.45) is 3.72. The molecule has 0 bridgehead atoms. The lowest BCUT2D eigenvalue weighted by atomic mass is 10.1. The van der Waals surface area contributed by atoms with Crippen molar-refractivity contribution in [2.24, 2.45) is 5.73 Å². The van der Waals surface area contributed by atoms with Crippen molar-refractivity contribution < 1.29 is 0 Å². The molecule has 2 heterocycles. The Morgan fingerprint density at radius 2 is 2.00 bits per heavy atom. The Kier molecular flexibility index (Phi) is 3.12. The van der Waals surface area contributed by atoms with Gasteiger partial charge in [0.2, 0.25) is 0 Å². The Balaban J connectivity index is 2.16. The van der Waals surface area contributed by atoms with Gasteiger partial charge in [0, 0.05) is 25.0 Å². The molecule has 0 aliphatic rings. The van der Waals surface area contributed by atoms with Crippen LogP contribution in [0.1, 0.15) is 5.56 Å². The number of hydrogen-bond acceptors (Lipinski definition) is 3. The molecule has 0 saturated heterocycles. The summed E-state index contributed by atoms with van der Waals surface area (Å²) >= 11 is 5.13. The number of imidazole rings is 1. The van der Waals surface area contributed by atoms with Crippen molar-refractivity contribution in [3.05, 3.63) is 60.4 Å². The molecule has 0 fully saturated rings. The zero-order chi connectivity index (χ0) is 14.1. The average molecular weight is 282 g/mol. The van der Waals surface area contributed by atoms with Crippen LogP contribution in [0.15, 0.2) is 54.9 Å². The van der Waals surface area contributed by atoms with Gasteiger partial charge in [-0.05, 0) is 24.3 Å². The van der Waals surface area contributed by atoms with Crippen LogP contribution in [0.4, 0.5) is 11.5 Å². The molecule has 3 aromatic rings. The van der Waals surface area contributed by atoms with Gasteiger partial charge < -0.3 is 10.6 Å². The number of fused-ring (bicyclic) bond motifs is 1. The first-order chi connectivity index (χ1) is 9.68. The van der Waals surface area contributed by atoms with Gasteiger partial charge in [-0.1, -0.05) is 30.4 Å². The van der Waals surface area contributed by atoms with E-state index in [0.717, 1.165) is 22.7 Å². The first-order valence-electron chi connectivity index (χ1n) is 6.23. The second-order valence-corrected chi connectivity index (χ2v) is 4.92. The van der Waals surface area contributed by atoms with Crippen LogP contribution < -0.4 is 10.6 Å². The van der Waals surface area contributed by atoms with Gasteiger partial charge in [0.05, 0.1) is 5.69 Å². The highest BCUT2D eigenvalue weighted by atomic mass is 32.1. The van der Waals surface area contributed by atoms with Gasteiger partial charge in [-0.25, -0.2) is 4.98 Å². The number of hydrogen-bond donors (Lipinski definition) is 1. The summed E-state index contributed by atoms with van der Waals surface area (Å²) < 4.78 is 2.02. The van der Waals surface area contributed by atoms with Gasteiger partial charge >= 0.3 is 0 Å². The molecule has 0 aliphatic carbocycles. The maximum Gasteiger partial charge on any atom is 0.138 e. The lowest BCUT2D eigenvalue weighted by Crippen LogP contribution is -2.19. The highest BCUT2D eigenvalue weighted by Crippen LogP contribution is 2.27. The molecule has 0 saturated carbocycles. The van der Waals surface area contributed by atoms with Gasteiger partial charge in [-0.3, -0.25) is 4.40 Å². The number of para-hydroxylation sites is 1. The van der Waals surface area contributed by atoms with Crippen LogP contribution in [0, 0.1) is 0 Å². The number of anilines is 2. The standard InChI is InChI=1S/C15H14N4S/c1-18(12-6-3-2-5-11(12)15(16)20)14-8-4-7-13-17-9-10-19(13)14/h2-10H,1H3,(H2,16,20). The Morgan fingerprint density at radius 1 is 1.20 bits per heavy atom. The SMILES string of the molecule is CN(c1ccccc1C(N)=S)c1cccc2nccn12. The van der Waals surface area contributed by atoms with Crippen molar-refractivity contribution in [3.63, 3.8) is 0 Å². The van der Waals surface area contributed by atoms with Crippen LogP contribution in [0.3, 0.4) is 0 Å². The van der Waals surface area contributed by atoms with Gasteiger partial charge in [-0.2, -0.15) is 0 Å². The fraction of sp³-hybridized carbons (Fsp3) is 0.0667. The van der Waals surface area contributed by atoms with Crippen molar-refractivity contribution in [1.82, 2.24) is 9.38 Å². The summed E-state index contributed by atoms with van der Waals surface area (Å²) in [6.45, 7) is 0. The normalized spacial score (nSPS) is 10.7. The average Bonchev–Trinajstić information content (AvgIpc) is 2.94. The minimum absolute atomic E-state index is 0.394. The Labute approximate surface area is 122 Å². The van der Waals surface area contributed by atoms with Crippen molar-refractivity contribution >= 4 is 34.4 Å². The third-order valence-corrected chi connectivity index (χ3v) is 3.50. The molecule has 20 heavy (non-hydrogen) atoms. The van der Waals surface area contributed by atoms with Gasteiger partial charge in [0.25, 0.3) is 0 Å². The first kappa shape index (κ1) is 12.6. The molecule has 2 aromatic heterocycles. The maximum absolute atomic E-state index is 5.81. The third kappa shape index (κ3) is 2.02. The van der Waals surface area contributed by atoms with Crippen molar-refractivity contribution in [1.29, 1.82) is 0 Å². The second kappa shape index (κ2) is 4.94. The number of nitrogens with zero attached hydrogens (tertiary/aromatic N) is 3. The molecule has 4 nitrogen and oxygen atoms in total. The molecule has 0 amide bonds. The highest BCUT2D eigenvalue weighted by molar-refractivity contribution is 7.80. The minimum atomic E-state index is 0.394.